The van der Waals surface area contributed by atoms with E-state index in [9.17, 15) is 13.2 Å². The van der Waals surface area contributed by atoms with Gasteiger partial charge in [-0.2, -0.15) is 0 Å². The molecule has 0 radical (unpaired) electrons. The monoisotopic (exact) mass is 294 g/mol. The van der Waals surface area contributed by atoms with Gasteiger partial charge in [0.15, 0.2) is 0 Å². The SMILES string of the molecule is CS(=O)(=O)CCC(=O)Cc1c(Cl)cccc1Cl. The van der Waals surface area contributed by atoms with E-state index in [-0.39, 0.29) is 24.4 Å². The third-order valence-electron chi connectivity index (χ3n) is 2.19. The highest BCUT2D eigenvalue weighted by Crippen LogP contribution is 2.25. The van der Waals surface area contributed by atoms with Crippen LogP contribution >= 0.6 is 23.2 Å². The van der Waals surface area contributed by atoms with E-state index >= 15 is 0 Å². The maximum atomic E-state index is 11.6. The first-order valence-corrected chi connectivity index (χ1v) is 7.73. The highest BCUT2D eigenvalue weighted by atomic mass is 35.5. The van der Waals surface area contributed by atoms with Crippen molar-refractivity contribution in [2.24, 2.45) is 0 Å². The molecular weight excluding hydrogens is 283 g/mol. The van der Waals surface area contributed by atoms with Crippen LogP contribution in [0.3, 0.4) is 0 Å². The van der Waals surface area contributed by atoms with Gasteiger partial charge < -0.3 is 0 Å². The number of sulfone groups is 1. The van der Waals surface area contributed by atoms with Crippen molar-refractivity contribution in [1.29, 1.82) is 0 Å². The summed E-state index contributed by atoms with van der Waals surface area (Å²) in [6.07, 6.45) is 1.15. The molecular formula is C11H12Cl2O3S. The van der Waals surface area contributed by atoms with Gasteiger partial charge in [0.25, 0.3) is 0 Å². The molecule has 0 heterocycles. The molecule has 0 unspecified atom stereocenters. The molecule has 0 aromatic heterocycles. The van der Waals surface area contributed by atoms with Crippen LogP contribution in [-0.4, -0.2) is 26.2 Å². The van der Waals surface area contributed by atoms with E-state index in [4.69, 9.17) is 23.2 Å². The van der Waals surface area contributed by atoms with Crippen molar-refractivity contribution in [1.82, 2.24) is 0 Å². The van der Waals surface area contributed by atoms with Gasteiger partial charge in [-0.15, -0.1) is 0 Å². The Morgan fingerprint density at radius 2 is 1.76 bits per heavy atom. The van der Waals surface area contributed by atoms with Gasteiger partial charge in [0, 0.05) is 29.1 Å². The summed E-state index contributed by atoms with van der Waals surface area (Å²) >= 11 is 11.8. The first kappa shape index (κ1) is 14.5. The molecule has 0 amide bonds. The van der Waals surface area contributed by atoms with Gasteiger partial charge in [-0.05, 0) is 17.7 Å². The maximum Gasteiger partial charge on any atom is 0.147 e. The van der Waals surface area contributed by atoms with Gasteiger partial charge in [-0.3, -0.25) is 4.79 Å². The van der Waals surface area contributed by atoms with E-state index in [1.165, 1.54) is 0 Å². The average Bonchev–Trinajstić information content (AvgIpc) is 2.20. The standard InChI is InChI=1S/C11H12Cl2O3S/c1-17(15,16)6-5-8(14)7-9-10(12)3-2-4-11(9)13/h2-4H,5-7H2,1H3. The van der Waals surface area contributed by atoms with Crippen LogP contribution in [0.25, 0.3) is 0 Å². The van der Waals surface area contributed by atoms with Crippen molar-refractivity contribution in [2.75, 3.05) is 12.0 Å². The van der Waals surface area contributed by atoms with Gasteiger partial charge >= 0.3 is 0 Å². The highest BCUT2D eigenvalue weighted by Gasteiger charge is 2.12. The maximum absolute atomic E-state index is 11.6. The van der Waals surface area contributed by atoms with Gasteiger partial charge in [-0.25, -0.2) is 8.42 Å². The first-order valence-electron chi connectivity index (χ1n) is 4.92. The third kappa shape index (κ3) is 5.06. The average molecular weight is 295 g/mol. The summed E-state index contributed by atoms with van der Waals surface area (Å²) in [6, 6.07) is 4.98. The van der Waals surface area contributed by atoms with E-state index in [1.807, 2.05) is 0 Å². The number of rotatable bonds is 5. The Morgan fingerprint density at radius 1 is 1.24 bits per heavy atom. The molecule has 0 atom stereocenters. The fraction of sp³-hybridized carbons (Fsp3) is 0.364. The Labute approximate surface area is 111 Å². The van der Waals surface area contributed by atoms with Crippen LogP contribution < -0.4 is 0 Å². The van der Waals surface area contributed by atoms with Crippen LogP contribution in [-0.2, 0) is 21.1 Å². The predicted molar refractivity (Wildman–Crippen MR) is 69.5 cm³/mol. The molecule has 0 saturated heterocycles. The van der Waals surface area contributed by atoms with Gasteiger partial charge in [-0.1, -0.05) is 29.3 Å². The van der Waals surface area contributed by atoms with Gasteiger partial charge in [0.05, 0.1) is 5.75 Å². The molecule has 1 rings (SSSR count). The second-order valence-electron chi connectivity index (χ2n) is 3.80. The molecule has 3 nitrogen and oxygen atoms in total. The van der Waals surface area contributed by atoms with E-state index < -0.39 is 9.84 Å². The molecule has 0 saturated carbocycles. The number of carbonyl (C=O) groups excluding carboxylic acids is 1. The summed E-state index contributed by atoms with van der Waals surface area (Å²) in [5.74, 6) is -0.334. The molecule has 0 spiro atoms. The zero-order valence-electron chi connectivity index (χ0n) is 9.24. The molecule has 0 aliphatic rings. The van der Waals surface area contributed by atoms with Crippen LogP contribution in [0, 0.1) is 0 Å². The summed E-state index contributed by atoms with van der Waals surface area (Å²) in [4.78, 5) is 11.6. The Morgan fingerprint density at radius 3 is 2.24 bits per heavy atom. The number of Topliss-reactive ketones (excluding diaryl/α,β-unsaturated/α-hetero) is 1. The first-order chi connectivity index (χ1) is 7.79. The molecule has 1 aromatic carbocycles. The number of hydrogen-bond donors (Lipinski definition) is 0. The van der Waals surface area contributed by atoms with Crippen molar-refractivity contribution >= 4 is 38.8 Å². The second kappa shape index (κ2) is 5.85. The summed E-state index contributed by atoms with van der Waals surface area (Å²) in [6.45, 7) is 0. The number of ketones is 1. The number of carbonyl (C=O) groups is 1. The Hall–Kier alpha value is -0.580. The zero-order chi connectivity index (χ0) is 13.1. The summed E-state index contributed by atoms with van der Waals surface area (Å²) in [5.41, 5.74) is 0.550. The van der Waals surface area contributed by atoms with Crippen LogP contribution in [0.5, 0.6) is 0 Å². The minimum absolute atomic E-state index is 0.0135. The largest absolute Gasteiger partial charge is 0.299 e. The van der Waals surface area contributed by atoms with Crippen LogP contribution in [0.2, 0.25) is 10.0 Å². The normalized spacial score (nSPS) is 11.5. The fourth-order valence-electron chi connectivity index (χ4n) is 1.29. The zero-order valence-corrected chi connectivity index (χ0v) is 11.6. The number of benzene rings is 1. The number of halogens is 2. The Balaban J connectivity index is 2.69. The lowest BCUT2D eigenvalue weighted by Gasteiger charge is -2.05. The summed E-state index contributed by atoms with van der Waals surface area (Å²) < 4.78 is 21.8. The molecule has 1 aromatic rings. The molecule has 0 N–H and O–H groups in total. The predicted octanol–water partition coefficient (Wildman–Crippen LogP) is 2.54. The molecule has 0 aliphatic carbocycles. The molecule has 0 aliphatic heterocycles. The Kier molecular flexibility index (Phi) is 4.98. The fourth-order valence-corrected chi connectivity index (χ4v) is 2.42. The lowest BCUT2D eigenvalue weighted by molar-refractivity contribution is -0.118. The van der Waals surface area contributed by atoms with Crippen molar-refractivity contribution in [3.05, 3.63) is 33.8 Å². The van der Waals surface area contributed by atoms with E-state index in [0.29, 0.717) is 15.6 Å². The van der Waals surface area contributed by atoms with E-state index in [0.717, 1.165) is 6.26 Å². The van der Waals surface area contributed by atoms with E-state index in [2.05, 4.69) is 0 Å². The van der Waals surface area contributed by atoms with Gasteiger partial charge in [0.1, 0.15) is 15.6 Å². The van der Waals surface area contributed by atoms with Crippen LogP contribution in [0.4, 0.5) is 0 Å². The summed E-state index contributed by atoms with van der Waals surface area (Å²) in [5, 5.41) is 0.843. The molecule has 0 bridgehead atoms. The van der Waals surface area contributed by atoms with Crippen molar-refractivity contribution < 1.29 is 13.2 Å². The van der Waals surface area contributed by atoms with Crippen LogP contribution in [0.15, 0.2) is 18.2 Å². The summed E-state index contributed by atoms with van der Waals surface area (Å²) in [7, 11) is -3.12. The topological polar surface area (TPSA) is 51.2 Å². The van der Waals surface area contributed by atoms with Crippen molar-refractivity contribution in [2.45, 2.75) is 12.8 Å². The molecule has 94 valence electrons. The van der Waals surface area contributed by atoms with E-state index in [1.54, 1.807) is 18.2 Å². The molecule has 0 fully saturated rings. The number of hydrogen-bond acceptors (Lipinski definition) is 3. The Bertz CT molecular complexity index is 503. The highest BCUT2D eigenvalue weighted by molar-refractivity contribution is 7.90. The van der Waals surface area contributed by atoms with Crippen molar-refractivity contribution in [3.63, 3.8) is 0 Å². The van der Waals surface area contributed by atoms with Crippen LogP contribution in [0.1, 0.15) is 12.0 Å². The minimum Gasteiger partial charge on any atom is -0.299 e. The lowest BCUT2D eigenvalue weighted by atomic mass is 10.1. The minimum atomic E-state index is -3.12. The second-order valence-corrected chi connectivity index (χ2v) is 6.87. The van der Waals surface area contributed by atoms with Gasteiger partial charge in [0.2, 0.25) is 0 Å². The molecule has 6 heteroatoms. The third-order valence-corrected chi connectivity index (χ3v) is 3.84. The lowest BCUT2D eigenvalue weighted by Crippen LogP contribution is -2.11. The quantitative estimate of drug-likeness (QED) is 0.838. The smallest absolute Gasteiger partial charge is 0.147 e. The van der Waals surface area contributed by atoms with Crippen molar-refractivity contribution in [3.8, 4) is 0 Å². The molecule has 17 heavy (non-hydrogen) atoms.